The number of ether oxygens (including phenoxy) is 3. The normalized spacial score (nSPS) is 22.3. The molecule has 27 heavy (non-hydrogen) atoms. The number of nitriles is 1. The lowest BCUT2D eigenvalue weighted by atomic mass is 9.98. The predicted octanol–water partition coefficient (Wildman–Crippen LogP) is -0.274. The van der Waals surface area contributed by atoms with Gasteiger partial charge in [-0.1, -0.05) is 0 Å². The van der Waals surface area contributed by atoms with Crippen molar-refractivity contribution in [3.05, 3.63) is 34.3 Å². The quantitative estimate of drug-likeness (QED) is 0.351. The summed E-state index contributed by atoms with van der Waals surface area (Å²) in [6.45, 7) is 4.15. The average Bonchev–Trinajstić information content (AvgIpc) is 2.83. The number of hydrogen-bond donors (Lipinski definition) is 3. The van der Waals surface area contributed by atoms with Crippen molar-refractivity contribution in [3.63, 3.8) is 0 Å². The molecule has 1 unspecified atom stereocenters. The summed E-state index contributed by atoms with van der Waals surface area (Å²) in [6.07, 6.45) is -0.763. The van der Waals surface area contributed by atoms with E-state index in [9.17, 15) is 25.1 Å². The molecule has 1 aromatic heterocycles. The van der Waals surface area contributed by atoms with Crippen molar-refractivity contribution in [2.75, 3.05) is 19.1 Å². The molecule has 0 amide bonds. The monoisotopic (exact) mass is 380 g/mol. The summed E-state index contributed by atoms with van der Waals surface area (Å²) >= 11 is 0. The zero-order valence-corrected chi connectivity index (χ0v) is 15.0. The van der Waals surface area contributed by atoms with E-state index in [2.05, 4.69) is 4.98 Å². The lowest BCUT2D eigenvalue weighted by Crippen LogP contribution is -2.48. The zero-order chi connectivity index (χ0) is 20.4. The van der Waals surface area contributed by atoms with Crippen molar-refractivity contribution < 1.29 is 29.2 Å². The van der Waals surface area contributed by atoms with Crippen LogP contribution in [0, 0.1) is 16.7 Å². The number of nitrogen functional groups attached to an aromatic ring is 1. The molecule has 0 spiro atoms. The maximum absolute atomic E-state index is 12.0. The van der Waals surface area contributed by atoms with Crippen molar-refractivity contribution in [2.24, 2.45) is 5.41 Å². The topological polar surface area (TPSA) is 170 Å². The van der Waals surface area contributed by atoms with Gasteiger partial charge in [0, 0.05) is 6.20 Å². The van der Waals surface area contributed by atoms with Crippen LogP contribution in [0.15, 0.2) is 28.6 Å². The summed E-state index contributed by atoms with van der Waals surface area (Å²) in [6, 6.07) is 2.89. The molecule has 0 bridgehead atoms. The number of esters is 1. The minimum Gasteiger partial charge on any atom is -0.506 e. The lowest BCUT2D eigenvalue weighted by Gasteiger charge is -2.26. The fourth-order valence-corrected chi connectivity index (χ4v) is 2.17. The number of carbonyl (C=O) groups excluding carboxylic acids is 1. The molecule has 1 aliphatic heterocycles. The summed E-state index contributed by atoms with van der Waals surface area (Å²) in [5.41, 5.74) is 1.46. The second-order valence-corrected chi connectivity index (χ2v) is 6.77. The third kappa shape index (κ3) is 3.86. The molecule has 4 N–H and O–H groups in total. The molecule has 0 saturated heterocycles. The Hall–Kier alpha value is -3.10. The third-order valence-electron chi connectivity index (χ3n) is 3.66. The highest BCUT2D eigenvalue weighted by molar-refractivity contribution is 5.75. The third-order valence-corrected chi connectivity index (χ3v) is 3.66. The van der Waals surface area contributed by atoms with Gasteiger partial charge in [0.25, 0.3) is 0 Å². The largest absolute Gasteiger partial charge is 0.506 e. The molecule has 1 aromatic rings. The van der Waals surface area contributed by atoms with E-state index in [0.717, 1.165) is 6.20 Å². The fourth-order valence-electron chi connectivity index (χ4n) is 2.17. The molecule has 2 atom stereocenters. The van der Waals surface area contributed by atoms with Gasteiger partial charge >= 0.3 is 17.4 Å². The van der Waals surface area contributed by atoms with E-state index in [1.807, 2.05) is 0 Å². The van der Waals surface area contributed by atoms with Crippen LogP contribution in [0.1, 0.15) is 20.8 Å². The molecule has 1 aliphatic rings. The lowest BCUT2D eigenvalue weighted by molar-refractivity contribution is -0.166. The van der Waals surface area contributed by atoms with Crippen LogP contribution >= 0.6 is 0 Å². The summed E-state index contributed by atoms with van der Waals surface area (Å²) in [7, 11) is 0. The van der Waals surface area contributed by atoms with Crippen molar-refractivity contribution in [2.45, 2.75) is 32.6 Å². The van der Waals surface area contributed by atoms with Gasteiger partial charge in [-0.2, -0.15) is 10.2 Å². The number of aliphatic hydroxyl groups is 2. The minimum absolute atomic E-state index is 0.0850. The van der Waals surface area contributed by atoms with Crippen molar-refractivity contribution in [1.82, 2.24) is 9.55 Å². The Morgan fingerprint density at radius 2 is 2.22 bits per heavy atom. The molecule has 0 aliphatic carbocycles. The van der Waals surface area contributed by atoms with Crippen molar-refractivity contribution >= 4 is 11.8 Å². The smallest absolute Gasteiger partial charge is 0.353 e. The molecule has 11 nitrogen and oxygen atoms in total. The Bertz CT molecular complexity index is 865. The molecule has 0 radical (unpaired) electrons. The average molecular weight is 380 g/mol. The molecular weight excluding hydrogens is 360 g/mol. The zero-order valence-electron chi connectivity index (χ0n) is 15.0. The number of aromatic nitrogens is 2. The van der Waals surface area contributed by atoms with Crippen LogP contribution in [0.5, 0.6) is 0 Å². The van der Waals surface area contributed by atoms with E-state index >= 15 is 0 Å². The predicted molar refractivity (Wildman–Crippen MR) is 89.6 cm³/mol. The highest BCUT2D eigenvalue weighted by Crippen LogP contribution is 2.36. The van der Waals surface area contributed by atoms with Crippen LogP contribution in [-0.2, 0) is 24.7 Å². The van der Waals surface area contributed by atoms with E-state index in [1.165, 1.54) is 6.07 Å². The Kier molecular flexibility index (Phi) is 5.43. The first-order valence-electron chi connectivity index (χ1n) is 7.84. The van der Waals surface area contributed by atoms with Crippen LogP contribution in [0.2, 0.25) is 0 Å². The van der Waals surface area contributed by atoms with E-state index < -0.39 is 48.1 Å². The molecule has 0 saturated carbocycles. The van der Waals surface area contributed by atoms with Crippen LogP contribution in [0.4, 0.5) is 5.82 Å². The number of nitrogens with zero attached hydrogens (tertiary/aromatic N) is 3. The number of rotatable bonds is 5. The van der Waals surface area contributed by atoms with Gasteiger partial charge in [0.15, 0.2) is 24.4 Å². The van der Waals surface area contributed by atoms with Gasteiger partial charge in [0.1, 0.15) is 18.5 Å². The maximum Gasteiger partial charge on any atom is 0.353 e. The fraction of sp³-hybridized carbons (Fsp3) is 0.500. The number of nitrogens with two attached hydrogens (primary N) is 1. The highest BCUT2D eigenvalue weighted by Gasteiger charge is 2.53. The van der Waals surface area contributed by atoms with Crippen molar-refractivity contribution in [1.29, 1.82) is 5.26 Å². The number of anilines is 1. The number of carbonyl (C=O) groups is 1. The van der Waals surface area contributed by atoms with Crippen LogP contribution in [0.25, 0.3) is 0 Å². The van der Waals surface area contributed by atoms with Gasteiger partial charge in [0.05, 0.1) is 5.41 Å². The first-order chi connectivity index (χ1) is 12.5. The van der Waals surface area contributed by atoms with Crippen LogP contribution < -0.4 is 11.4 Å². The van der Waals surface area contributed by atoms with Crippen LogP contribution in [0.3, 0.4) is 0 Å². The Morgan fingerprint density at radius 3 is 2.78 bits per heavy atom. The molecule has 0 fully saturated rings. The van der Waals surface area contributed by atoms with Gasteiger partial charge < -0.3 is 30.2 Å². The highest BCUT2D eigenvalue weighted by atomic mass is 16.7. The van der Waals surface area contributed by atoms with Gasteiger partial charge in [-0.15, -0.1) is 0 Å². The Morgan fingerprint density at radius 1 is 1.56 bits per heavy atom. The summed E-state index contributed by atoms with van der Waals surface area (Å²) in [5.74, 6) is -1.57. The van der Waals surface area contributed by atoms with E-state index in [4.69, 9.17) is 19.9 Å². The van der Waals surface area contributed by atoms with Gasteiger partial charge in [-0.25, -0.2) is 9.36 Å². The molecule has 2 rings (SSSR count). The van der Waals surface area contributed by atoms with Gasteiger partial charge in [0.2, 0.25) is 0 Å². The SMILES string of the molecule is CC(C)(C)C(=O)OCOCC1=C(O)C(O)[C@](C#N)(n2ccc(N)nc2=O)O1. The van der Waals surface area contributed by atoms with Gasteiger partial charge in [-0.05, 0) is 26.8 Å². The summed E-state index contributed by atoms with van der Waals surface area (Å²) in [4.78, 5) is 27.1. The molecule has 11 heteroatoms. The van der Waals surface area contributed by atoms with Gasteiger partial charge in [-0.3, -0.25) is 4.79 Å². The first-order valence-corrected chi connectivity index (χ1v) is 7.84. The number of aliphatic hydroxyl groups excluding tert-OH is 2. The van der Waals surface area contributed by atoms with Crippen molar-refractivity contribution in [3.8, 4) is 6.07 Å². The van der Waals surface area contributed by atoms with E-state index in [0.29, 0.717) is 4.57 Å². The first kappa shape index (κ1) is 20.2. The molecule has 146 valence electrons. The van der Waals surface area contributed by atoms with E-state index in [-0.39, 0.29) is 11.6 Å². The summed E-state index contributed by atoms with van der Waals surface area (Å²) in [5, 5.41) is 29.8. The maximum atomic E-state index is 12.0. The van der Waals surface area contributed by atoms with E-state index in [1.54, 1.807) is 26.8 Å². The molecular formula is C16H20N4O7. The Labute approximate surface area is 154 Å². The second-order valence-electron chi connectivity index (χ2n) is 6.77. The number of hydrogen-bond acceptors (Lipinski definition) is 10. The second kappa shape index (κ2) is 7.26. The molecule has 0 aromatic carbocycles. The minimum atomic E-state index is -2.28. The Balaban J connectivity index is 2.12. The molecule has 2 heterocycles. The summed E-state index contributed by atoms with van der Waals surface area (Å²) < 4.78 is 16.0. The standard InChI is InChI=1S/C16H20N4O7/c1-15(2,3)13(23)26-8-25-6-9-11(21)12(22)16(7-17,27-9)20-5-4-10(18)19-14(20)24/h4-5,12,21-22H,6,8H2,1-3H3,(H2,18,19,24)/t12?,16-/m1/s1. The van der Waals surface area contributed by atoms with Crippen LogP contribution in [-0.4, -0.2) is 45.2 Å².